The van der Waals surface area contributed by atoms with E-state index >= 15 is 0 Å². The molecule has 5 N–H and O–H groups in total. The van der Waals surface area contributed by atoms with Crippen LogP contribution in [0.25, 0.3) is 0 Å². The summed E-state index contributed by atoms with van der Waals surface area (Å²) in [6.07, 6.45) is 1.75. The van der Waals surface area contributed by atoms with E-state index in [4.69, 9.17) is 9.47 Å². The van der Waals surface area contributed by atoms with Gasteiger partial charge in [-0.2, -0.15) is 4.98 Å². The smallest absolute Gasteiger partial charge is 0.349 e. The van der Waals surface area contributed by atoms with Gasteiger partial charge in [0.2, 0.25) is 0 Å². The second kappa shape index (κ2) is 14.8. The Hall–Kier alpha value is -3.48. The van der Waals surface area contributed by atoms with E-state index in [9.17, 15) is 4.79 Å². The van der Waals surface area contributed by atoms with Crippen LogP contribution in [-0.4, -0.2) is 86.5 Å². The third kappa shape index (κ3) is 8.03. The summed E-state index contributed by atoms with van der Waals surface area (Å²) in [6.45, 7) is 10.8. The lowest BCUT2D eigenvalue weighted by atomic mass is 10.2. The van der Waals surface area contributed by atoms with Gasteiger partial charge in [0.1, 0.15) is 18.0 Å². The SMILES string of the molecule is O=c1nc2c(cn1CCN1CCNCCNCCNCC1)Oc1cccc(OCCNCc3ccccc3)c1N2. The van der Waals surface area contributed by atoms with Crippen LogP contribution < -0.4 is 41.7 Å². The first-order chi connectivity index (χ1) is 19.8. The second-order valence-corrected chi connectivity index (χ2v) is 9.89. The van der Waals surface area contributed by atoms with E-state index in [-0.39, 0.29) is 5.69 Å². The lowest BCUT2D eigenvalue weighted by molar-refractivity contribution is 0.258. The number of anilines is 2. The molecule has 0 spiro atoms. The highest BCUT2D eigenvalue weighted by atomic mass is 16.5. The maximum absolute atomic E-state index is 12.9. The highest BCUT2D eigenvalue weighted by Crippen LogP contribution is 2.44. The van der Waals surface area contributed by atoms with Crippen LogP contribution in [0, 0.1) is 0 Å². The highest BCUT2D eigenvalue weighted by molar-refractivity contribution is 5.77. The Morgan fingerprint density at radius 2 is 1.62 bits per heavy atom. The molecule has 0 amide bonds. The van der Waals surface area contributed by atoms with Crippen LogP contribution in [0.1, 0.15) is 5.56 Å². The summed E-state index contributed by atoms with van der Waals surface area (Å²) < 4.78 is 13.8. The lowest BCUT2D eigenvalue weighted by Crippen LogP contribution is -2.43. The third-order valence-electron chi connectivity index (χ3n) is 6.94. The summed E-state index contributed by atoms with van der Waals surface area (Å²) in [5, 5.41) is 17.0. The first kappa shape index (κ1) is 28.1. The van der Waals surface area contributed by atoms with Crippen LogP contribution >= 0.6 is 0 Å². The average molecular weight is 549 g/mol. The van der Waals surface area contributed by atoms with Gasteiger partial charge in [-0.1, -0.05) is 36.4 Å². The minimum atomic E-state index is -0.307. The van der Waals surface area contributed by atoms with E-state index in [2.05, 4.69) is 48.6 Å². The van der Waals surface area contributed by atoms with Crippen molar-refractivity contribution in [1.82, 2.24) is 35.7 Å². The molecule has 0 atom stereocenters. The number of nitrogens with zero attached hydrogens (tertiary/aromatic N) is 3. The molecule has 0 radical (unpaired) electrons. The van der Waals surface area contributed by atoms with Crippen molar-refractivity contribution < 1.29 is 9.47 Å². The number of aromatic nitrogens is 2. The van der Waals surface area contributed by atoms with Crippen molar-refractivity contribution in [3.63, 3.8) is 0 Å². The number of hydrogen-bond acceptors (Lipinski definition) is 10. The number of para-hydroxylation sites is 1. The highest BCUT2D eigenvalue weighted by Gasteiger charge is 2.23. The Bertz CT molecular complexity index is 1260. The molecule has 11 heteroatoms. The number of benzene rings is 2. The predicted molar refractivity (Wildman–Crippen MR) is 157 cm³/mol. The van der Waals surface area contributed by atoms with Crippen molar-refractivity contribution in [3.05, 3.63) is 70.8 Å². The minimum Gasteiger partial charge on any atom is -0.490 e. The molecule has 1 aromatic heterocycles. The summed E-state index contributed by atoms with van der Waals surface area (Å²) in [6, 6.07) is 15.9. The van der Waals surface area contributed by atoms with Gasteiger partial charge in [0, 0.05) is 78.5 Å². The fourth-order valence-corrected chi connectivity index (χ4v) is 4.72. The molecule has 3 heterocycles. The normalized spacial score (nSPS) is 16.4. The fraction of sp³-hybridized carbons (Fsp3) is 0.448. The van der Waals surface area contributed by atoms with E-state index in [1.54, 1.807) is 10.8 Å². The summed E-state index contributed by atoms with van der Waals surface area (Å²) in [5.74, 6) is 2.23. The van der Waals surface area contributed by atoms with E-state index in [0.29, 0.717) is 48.5 Å². The molecule has 40 heavy (non-hydrogen) atoms. The fourth-order valence-electron chi connectivity index (χ4n) is 4.72. The van der Waals surface area contributed by atoms with Gasteiger partial charge >= 0.3 is 5.69 Å². The molecule has 2 aliphatic heterocycles. The molecule has 1 fully saturated rings. The topological polar surface area (TPSA) is 117 Å². The second-order valence-electron chi connectivity index (χ2n) is 9.89. The van der Waals surface area contributed by atoms with Gasteiger partial charge in [-0.15, -0.1) is 0 Å². The first-order valence-electron chi connectivity index (χ1n) is 14.2. The molecule has 2 aliphatic rings. The Balaban J connectivity index is 1.16. The van der Waals surface area contributed by atoms with Gasteiger partial charge in [0.25, 0.3) is 0 Å². The van der Waals surface area contributed by atoms with Gasteiger partial charge in [-0.3, -0.25) is 9.47 Å². The van der Waals surface area contributed by atoms with Crippen LogP contribution in [0.5, 0.6) is 17.2 Å². The maximum atomic E-state index is 12.9. The zero-order chi connectivity index (χ0) is 27.4. The first-order valence-corrected chi connectivity index (χ1v) is 14.2. The molecule has 11 nitrogen and oxygen atoms in total. The van der Waals surface area contributed by atoms with Gasteiger partial charge in [-0.05, 0) is 17.7 Å². The average Bonchev–Trinajstić information content (AvgIpc) is 2.96. The zero-order valence-electron chi connectivity index (χ0n) is 23.0. The van der Waals surface area contributed by atoms with Crippen molar-refractivity contribution in [2.24, 2.45) is 0 Å². The number of fused-ring (bicyclic) bond motifs is 2. The van der Waals surface area contributed by atoms with Crippen molar-refractivity contribution in [2.45, 2.75) is 13.1 Å². The Morgan fingerprint density at radius 1 is 0.875 bits per heavy atom. The van der Waals surface area contributed by atoms with Crippen molar-refractivity contribution >= 4 is 11.5 Å². The summed E-state index contributed by atoms with van der Waals surface area (Å²) in [4.78, 5) is 19.6. The van der Waals surface area contributed by atoms with Gasteiger partial charge in [0.05, 0.1) is 6.20 Å². The molecule has 0 bridgehead atoms. The van der Waals surface area contributed by atoms with Crippen molar-refractivity contribution in [3.8, 4) is 17.2 Å². The van der Waals surface area contributed by atoms with Gasteiger partial charge < -0.3 is 36.1 Å². The summed E-state index contributed by atoms with van der Waals surface area (Å²) in [7, 11) is 0. The summed E-state index contributed by atoms with van der Waals surface area (Å²) >= 11 is 0. The van der Waals surface area contributed by atoms with Gasteiger partial charge in [0.15, 0.2) is 17.3 Å². The van der Waals surface area contributed by atoms with Crippen LogP contribution in [0.15, 0.2) is 59.5 Å². The van der Waals surface area contributed by atoms with Crippen LogP contribution in [0.3, 0.4) is 0 Å². The monoisotopic (exact) mass is 548 g/mol. The molecular weight excluding hydrogens is 508 g/mol. The van der Waals surface area contributed by atoms with Crippen molar-refractivity contribution in [2.75, 3.05) is 77.4 Å². The molecule has 214 valence electrons. The van der Waals surface area contributed by atoms with E-state index in [1.165, 1.54) is 5.56 Å². The lowest BCUT2D eigenvalue weighted by Gasteiger charge is -2.25. The molecule has 1 saturated heterocycles. The number of nitrogens with one attached hydrogen (secondary N) is 5. The molecule has 2 aromatic carbocycles. The molecule has 0 unspecified atom stereocenters. The van der Waals surface area contributed by atoms with Crippen LogP contribution in [0.2, 0.25) is 0 Å². The molecule has 0 saturated carbocycles. The van der Waals surface area contributed by atoms with Crippen LogP contribution in [0.4, 0.5) is 11.5 Å². The number of ether oxygens (including phenoxy) is 2. The Kier molecular flexibility index (Phi) is 10.4. The van der Waals surface area contributed by atoms with Crippen molar-refractivity contribution in [1.29, 1.82) is 0 Å². The van der Waals surface area contributed by atoms with Gasteiger partial charge in [-0.25, -0.2) is 4.79 Å². The van der Waals surface area contributed by atoms with Crippen LogP contribution in [-0.2, 0) is 13.1 Å². The number of rotatable bonds is 9. The van der Waals surface area contributed by atoms with E-state index in [1.807, 2.05) is 36.4 Å². The largest absolute Gasteiger partial charge is 0.490 e. The maximum Gasteiger partial charge on any atom is 0.349 e. The predicted octanol–water partition coefficient (Wildman–Crippen LogP) is 1.35. The Labute approximate surface area is 235 Å². The van der Waals surface area contributed by atoms with E-state index in [0.717, 1.165) is 65.4 Å². The minimum absolute atomic E-state index is 0.307. The third-order valence-corrected chi connectivity index (χ3v) is 6.94. The zero-order valence-corrected chi connectivity index (χ0v) is 23.0. The summed E-state index contributed by atoms with van der Waals surface area (Å²) in [5.41, 5.74) is 1.60. The van der Waals surface area contributed by atoms with E-state index < -0.39 is 0 Å². The molecule has 3 aromatic rings. The molecular formula is C29H40N8O3. The Morgan fingerprint density at radius 3 is 2.40 bits per heavy atom. The quantitative estimate of drug-likeness (QED) is 0.196. The number of hydrogen-bond donors (Lipinski definition) is 5. The standard InChI is InChI=1S/C29H40N8O3/c38-29-35-28-26(22-37(29)19-18-36-16-13-31-11-9-30-10-12-32-14-17-36)40-25-8-4-7-24(27(25)34-28)39-20-15-33-21-23-5-2-1-3-6-23/h1-8,22,30-33H,9-21H2,(H,34,35,38). The molecule has 0 aliphatic carbocycles. The molecule has 5 rings (SSSR count).